The molecule has 0 amide bonds. The van der Waals surface area contributed by atoms with Crippen LogP contribution in [-0.2, 0) is 15.9 Å². The van der Waals surface area contributed by atoms with Crippen molar-refractivity contribution in [1.29, 1.82) is 0 Å². The number of halogens is 1. The molecule has 0 saturated carbocycles. The topological polar surface area (TPSA) is 40.6 Å². The maximum Gasteiger partial charge on any atom is 0.193 e. The molecule has 1 aliphatic rings. The van der Waals surface area contributed by atoms with Gasteiger partial charge in [-0.1, -0.05) is 18.5 Å². The Bertz CT molecular complexity index is 770. The molecule has 0 radical (unpaired) electrons. The maximum atomic E-state index is 6.71. The third kappa shape index (κ3) is 2.90. The van der Waals surface area contributed by atoms with E-state index in [1.54, 1.807) is 7.11 Å². The molecule has 5 heteroatoms. The van der Waals surface area contributed by atoms with Crippen LogP contribution in [0.15, 0.2) is 18.2 Å². The zero-order valence-corrected chi connectivity index (χ0v) is 15.4. The lowest BCUT2D eigenvalue weighted by Gasteiger charge is -2.35. The van der Waals surface area contributed by atoms with Crippen molar-refractivity contribution in [3.8, 4) is 17.0 Å². The Balaban J connectivity index is 2.12. The van der Waals surface area contributed by atoms with Crippen LogP contribution in [0.5, 0.6) is 5.75 Å². The van der Waals surface area contributed by atoms with Crippen molar-refractivity contribution in [2.45, 2.75) is 46.7 Å². The highest BCUT2D eigenvalue weighted by molar-refractivity contribution is 6.32. The molecule has 3 rings (SSSR count). The van der Waals surface area contributed by atoms with Crippen molar-refractivity contribution in [3.63, 3.8) is 0 Å². The summed E-state index contributed by atoms with van der Waals surface area (Å²) in [6, 6.07) is 5.98. The van der Waals surface area contributed by atoms with Gasteiger partial charge >= 0.3 is 0 Å². The van der Waals surface area contributed by atoms with E-state index < -0.39 is 6.29 Å². The van der Waals surface area contributed by atoms with Crippen LogP contribution >= 0.6 is 11.6 Å². The lowest BCUT2D eigenvalue weighted by Crippen LogP contribution is -2.32. The third-order valence-corrected chi connectivity index (χ3v) is 4.80. The fraction of sp³-hybridized carbons (Fsp3) is 0.421. The fourth-order valence-electron chi connectivity index (χ4n) is 3.06. The largest absolute Gasteiger partial charge is 0.497 e. The van der Waals surface area contributed by atoms with Gasteiger partial charge in [-0.15, -0.1) is 0 Å². The normalized spacial score (nSPS) is 19.9. The Morgan fingerprint density at radius 3 is 2.50 bits per heavy atom. The maximum absolute atomic E-state index is 6.71. The van der Waals surface area contributed by atoms with Crippen molar-refractivity contribution in [2.24, 2.45) is 0 Å². The number of rotatable bonds is 4. The number of hydrogen-bond acceptors (Lipinski definition) is 4. The van der Waals surface area contributed by atoms with Gasteiger partial charge in [-0.05, 0) is 56.5 Å². The van der Waals surface area contributed by atoms with E-state index in [0.717, 1.165) is 45.8 Å². The second kappa shape index (κ2) is 6.71. The van der Waals surface area contributed by atoms with Crippen LogP contribution in [0.2, 0.25) is 5.02 Å². The lowest BCUT2D eigenvalue weighted by atomic mass is 9.96. The van der Waals surface area contributed by atoms with Crippen LogP contribution in [0.4, 0.5) is 0 Å². The van der Waals surface area contributed by atoms with Gasteiger partial charge in [0.05, 0.1) is 17.8 Å². The summed E-state index contributed by atoms with van der Waals surface area (Å²) in [5.41, 5.74) is 5.76. The van der Waals surface area contributed by atoms with Gasteiger partial charge in [-0.2, -0.15) is 0 Å². The summed E-state index contributed by atoms with van der Waals surface area (Å²) in [4.78, 5) is 4.83. The number of nitrogens with zero attached hydrogens (tertiary/aromatic N) is 1. The first-order valence-electron chi connectivity index (χ1n) is 8.11. The number of pyridine rings is 1. The van der Waals surface area contributed by atoms with Crippen LogP contribution in [-0.4, -0.2) is 18.4 Å². The molecular formula is C19H22ClNO3. The summed E-state index contributed by atoms with van der Waals surface area (Å²) >= 11 is 6.71. The van der Waals surface area contributed by atoms with E-state index in [-0.39, 0.29) is 6.29 Å². The molecule has 1 saturated heterocycles. The number of ether oxygens (including phenoxy) is 3. The number of aromatic nitrogens is 1. The summed E-state index contributed by atoms with van der Waals surface area (Å²) in [7, 11) is 1.67. The summed E-state index contributed by atoms with van der Waals surface area (Å²) in [6.45, 7) is 7.94. The first-order chi connectivity index (χ1) is 11.5. The molecule has 0 unspecified atom stereocenters. The van der Waals surface area contributed by atoms with Crippen molar-refractivity contribution >= 4 is 11.6 Å². The Hall–Kier alpha value is -1.62. The molecule has 1 aromatic heterocycles. The van der Waals surface area contributed by atoms with Crippen molar-refractivity contribution < 1.29 is 14.2 Å². The standard InChI is InChI=1S/C19H22ClNO3/c1-6-14-17(20)16(19-23-12(4)24-19)11(3)21-18(14)15-8-7-13(22-5)9-10(15)2/h7-9,12,19H,6H2,1-5H3. The van der Waals surface area contributed by atoms with Gasteiger partial charge in [0.1, 0.15) is 5.75 Å². The summed E-state index contributed by atoms with van der Waals surface area (Å²) in [5.74, 6) is 0.832. The van der Waals surface area contributed by atoms with Gasteiger partial charge in [0.15, 0.2) is 12.6 Å². The minimum absolute atomic E-state index is 0.195. The van der Waals surface area contributed by atoms with Crippen molar-refractivity contribution in [2.75, 3.05) is 7.11 Å². The van der Waals surface area contributed by atoms with Gasteiger partial charge in [0.2, 0.25) is 0 Å². The number of aryl methyl sites for hydroxylation is 2. The molecule has 24 heavy (non-hydrogen) atoms. The summed E-state index contributed by atoms with van der Waals surface area (Å²) in [5, 5.41) is 0.687. The molecule has 1 fully saturated rings. The predicted molar refractivity (Wildman–Crippen MR) is 94.5 cm³/mol. The minimum atomic E-state index is -0.420. The first-order valence-corrected chi connectivity index (χ1v) is 8.48. The smallest absolute Gasteiger partial charge is 0.193 e. The number of hydrogen-bond donors (Lipinski definition) is 0. The summed E-state index contributed by atoms with van der Waals surface area (Å²) in [6.07, 6.45) is 0.165. The molecule has 0 atom stereocenters. The van der Waals surface area contributed by atoms with E-state index in [0.29, 0.717) is 5.02 Å². The van der Waals surface area contributed by atoms with Gasteiger partial charge in [0.25, 0.3) is 0 Å². The predicted octanol–water partition coefficient (Wildman–Crippen LogP) is 4.98. The number of methoxy groups -OCH3 is 1. The van der Waals surface area contributed by atoms with Gasteiger partial charge in [-0.3, -0.25) is 4.98 Å². The van der Waals surface area contributed by atoms with E-state index in [9.17, 15) is 0 Å². The van der Waals surface area contributed by atoms with Gasteiger partial charge in [-0.25, -0.2) is 0 Å². The minimum Gasteiger partial charge on any atom is -0.497 e. The third-order valence-electron chi connectivity index (χ3n) is 4.36. The molecule has 0 N–H and O–H groups in total. The molecule has 128 valence electrons. The molecule has 0 spiro atoms. The van der Waals surface area contributed by atoms with Crippen LogP contribution in [0.3, 0.4) is 0 Å². The zero-order valence-electron chi connectivity index (χ0n) is 14.6. The molecule has 0 aliphatic carbocycles. The van der Waals surface area contributed by atoms with E-state index >= 15 is 0 Å². The average molecular weight is 348 g/mol. The Morgan fingerprint density at radius 1 is 1.25 bits per heavy atom. The molecule has 4 nitrogen and oxygen atoms in total. The van der Waals surface area contributed by atoms with Crippen LogP contribution in [0, 0.1) is 13.8 Å². The molecule has 2 aromatic rings. The highest BCUT2D eigenvalue weighted by Gasteiger charge is 2.33. The first kappa shape index (κ1) is 17.2. The SMILES string of the molecule is CCc1c(-c2ccc(OC)cc2C)nc(C)c(C2OC(C)O2)c1Cl. The van der Waals surface area contributed by atoms with Crippen molar-refractivity contribution in [3.05, 3.63) is 45.6 Å². The van der Waals surface area contributed by atoms with Gasteiger partial charge in [0, 0.05) is 16.8 Å². The van der Waals surface area contributed by atoms with E-state index in [1.165, 1.54) is 0 Å². The Morgan fingerprint density at radius 2 is 1.96 bits per heavy atom. The lowest BCUT2D eigenvalue weighted by molar-refractivity contribution is -0.382. The second-order valence-electron chi connectivity index (χ2n) is 5.96. The van der Waals surface area contributed by atoms with Crippen molar-refractivity contribution in [1.82, 2.24) is 4.98 Å². The highest BCUT2D eigenvalue weighted by atomic mass is 35.5. The fourth-order valence-corrected chi connectivity index (χ4v) is 3.51. The van der Waals surface area contributed by atoms with Crippen LogP contribution in [0.1, 0.15) is 42.5 Å². The monoisotopic (exact) mass is 347 g/mol. The zero-order chi connectivity index (χ0) is 17.4. The van der Waals surface area contributed by atoms with E-state index in [2.05, 4.69) is 13.8 Å². The van der Waals surface area contributed by atoms with E-state index in [1.807, 2.05) is 32.0 Å². The second-order valence-corrected chi connectivity index (χ2v) is 6.34. The van der Waals surface area contributed by atoms with Crippen LogP contribution in [0.25, 0.3) is 11.3 Å². The number of benzene rings is 1. The molecule has 0 bridgehead atoms. The van der Waals surface area contributed by atoms with Crippen LogP contribution < -0.4 is 4.74 Å². The molecule has 1 aliphatic heterocycles. The summed E-state index contributed by atoms with van der Waals surface area (Å²) < 4.78 is 16.5. The average Bonchev–Trinajstić information content (AvgIpc) is 2.52. The molecule has 1 aromatic carbocycles. The highest BCUT2D eigenvalue weighted by Crippen LogP contribution is 2.41. The Kier molecular flexibility index (Phi) is 4.81. The quantitative estimate of drug-likeness (QED) is 0.782. The molecular weight excluding hydrogens is 326 g/mol. The Labute approximate surface area is 147 Å². The van der Waals surface area contributed by atoms with Gasteiger partial charge < -0.3 is 14.2 Å². The van der Waals surface area contributed by atoms with E-state index in [4.69, 9.17) is 30.8 Å². The molecule has 2 heterocycles.